The standard InChI is InChI=1S/C22H32FN5O4/c1-3-4-5-13-6-8-14(9-7-13)20(30)31-11-22(2)15(29)10-16(32-22)28-12-25-17-18(24)26-21(23)27-19(17)28/h12-16,29H,3-11H2,1-2H3,(H2,24,26,27)/t13?,14?,15-,16+,22+/m0/s1. The second-order valence-electron chi connectivity index (χ2n) is 9.31. The van der Waals surface area contributed by atoms with E-state index in [0.29, 0.717) is 5.92 Å². The van der Waals surface area contributed by atoms with Crippen molar-refractivity contribution >= 4 is 23.0 Å². The van der Waals surface area contributed by atoms with Crippen molar-refractivity contribution in [2.75, 3.05) is 12.3 Å². The highest BCUT2D eigenvalue weighted by Gasteiger charge is 2.47. The summed E-state index contributed by atoms with van der Waals surface area (Å²) in [6, 6.07) is 0. The molecule has 2 fully saturated rings. The van der Waals surface area contributed by atoms with E-state index in [1.165, 1.54) is 30.2 Å². The number of fused-ring (bicyclic) bond motifs is 1. The Morgan fingerprint density at radius 1 is 1.38 bits per heavy atom. The lowest BCUT2D eigenvalue weighted by Gasteiger charge is -2.30. The quantitative estimate of drug-likeness (QED) is 0.488. The molecular formula is C22H32FN5O4. The zero-order valence-electron chi connectivity index (χ0n) is 18.7. The SMILES string of the molecule is CCCCC1CCC(C(=O)OC[C@@]2(C)O[C@@H](n3cnc4c(N)nc(F)nc43)C[C@@H]2O)CC1. The molecule has 10 heteroatoms. The molecule has 0 radical (unpaired) electrons. The molecule has 1 aliphatic carbocycles. The molecule has 2 aliphatic rings. The van der Waals surface area contributed by atoms with Gasteiger partial charge >= 0.3 is 12.0 Å². The van der Waals surface area contributed by atoms with Crippen molar-refractivity contribution in [1.29, 1.82) is 0 Å². The van der Waals surface area contributed by atoms with Gasteiger partial charge in [-0.2, -0.15) is 14.4 Å². The molecule has 1 saturated carbocycles. The number of nitrogen functional groups attached to an aromatic ring is 1. The van der Waals surface area contributed by atoms with E-state index in [-0.39, 0.29) is 41.9 Å². The number of esters is 1. The van der Waals surface area contributed by atoms with Gasteiger partial charge in [-0.15, -0.1) is 0 Å². The van der Waals surface area contributed by atoms with E-state index >= 15 is 0 Å². The minimum Gasteiger partial charge on any atom is -0.462 e. The van der Waals surface area contributed by atoms with E-state index in [0.717, 1.165) is 25.7 Å². The molecule has 0 aromatic carbocycles. The summed E-state index contributed by atoms with van der Waals surface area (Å²) in [7, 11) is 0. The first-order valence-corrected chi connectivity index (χ1v) is 11.5. The van der Waals surface area contributed by atoms with Crippen LogP contribution in [0.15, 0.2) is 6.33 Å². The minimum absolute atomic E-state index is 0.0582. The summed E-state index contributed by atoms with van der Waals surface area (Å²) in [5.41, 5.74) is 5.08. The first-order chi connectivity index (χ1) is 15.3. The number of imidazole rings is 1. The maximum atomic E-state index is 13.7. The Labute approximate surface area is 186 Å². The molecular weight excluding hydrogens is 417 g/mol. The topological polar surface area (TPSA) is 125 Å². The fraction of sp³-hybridized carbons (Fsp3) is 0.727. The van der Waals surface area contributed by atoms with Gasteiger partial charge in [0.15, 0.2) is 17.0 Å². The molecule has 32 heavy (non-hydrogen) atoms. The molecule has 0 bridgehead atoms. The van der Waals surface area contributed by atoms with Crippen molar-refractivity contribution in [3.8, 4) is 0 Å². The van der Waals surface area contributed by atoms with Crippen molar-refractivity contribution in [3.63, 3.8) is 0 Å². The smallest absolute Gasteiger partial charge is 0.312 e. The molecule has 0 spiro atoms. The van der Waals surface area contributed by atoms with Gasteiger partial charge in [0.1, 0.15) is 18.4 Å². The fourth-order valence-corrected chi connectivity index (χ4v) is 4.81. The number of halogens is 1. The zero-order chi connectivity index (χ0) is 22.9. The van der Waals surface area contributed by atoms with E-state index in [1.807, 2.05) is 0 Å². The first kappa shape index (κ1) is 22.8. The van der Waals surface area contributed by atoms with Crippen molar-refractivity contribution in [2.24, 2.45) is 11.8 Å². The highest BCUT2D eigenvalue weighted by atomic mass is 19.1. The third-order valence-corrected chi connectivity index (χ3v) is 6.91. The molecule has 1 saturated heterocycles. The number of aromatic nitrogens is 4. The molecule has 4 rings (SSSR count). The molecule has 0 unspecified atom stereocenters. The Hall–Kier alpha value is -2.33. The molecule has 2 aromatic rings. The van der Waals surface area contributed by atoms with Crippen molar-refractivity contribution in [2.45, 2.75) is 83.1 Å². The lowest BCUT2D eigenvalue weighted by Crippen LogP contribution is -2.42. The van der Waals surface area contributed by atoms with Crippen LogP contribution < -0.4 is 5.73 Å². The number of anilines is 1. The van der Waals surface area contributed by atoms with Crippen LogP contribution in [0.4, 0.5) is 10.2 Å². The van der Waals surface area contributed by atoms with Crippen molar-refractivity contribution in [3.05, 3.63) is 12.4 Å². The van der Waals surface area contributed by atoms with Gasteiger partial charge in [-0.1, -0.05) is 26.2 Å². The van der Waals surface area contributed by atoms with Gasteiger partial charge < -0.3 is 20.3 Å². The largest absolute Gasteiger partial charge is 0.462 e. The molecule has 9 nitrogen and oxygen atoms in total. The number of carbonyl (C=O) groups excluding carboxylic acids is 1. The van der Waals surface area contributed by atoms with Gasteiger partial charge in [0.05, 0.1) is 18.3 Å². The fourth-order valence-electron chi connectivity index (χ4n) is 4.81. The van der Waals surface area contributed by atoms with Gasteiger partial charge in [0.2, 0.25) is 0 Å². The lowest BCUT2D eigenvalue weighted by molar-refractivity contribution is -0.167. The van der Waals surface area contributed by atoms with Crippen LogP contribution in [0.2, 0.25) is 0 Å². The highest BCUT2D eigenvalue weighted by molar-refractivity contribution is 5.81. The van der Waals surface area contributed by atoms with E-state index in [2.05, 4.69) is 21.9 Å². The van der Waals surface area contributed by atoms with E-state index < -0.39 is 24.0 Å². The number of rotatable bonds is 7. The molecule has 176 valence electrons. The number of nitrogens with zero attached hydrogens (tertiary/aromatic N) is 4. The normalized spacial score (nSPS) is 30.6. The highest BCUT2D eigenvalue weighted by Crippen LogP contribution is 2.39. The van der Waals surface area contributed by atoms with Gasteiger partial charge in [0.25, 0.3) is 0 Å². The Morgan fingerprint density at radius 3 is 2.84 bits per heavy atom. The third-order valence-electron chi connectivity index (χ3n) is 6.91. The predicted octanol–water partition coefficient (Wildman–Crippen LogP) is 3.13. The third kappa shape index (κ3) is 4.56. The second-order valence-corrected chi connectivity index (χ2v) is 9.31. The Balaban J connectivity index is 1.36. The Morgan fingerprint density at radius 2 is 2.12 bits per heavy atom. The van der Waals surface area contributed by atoms with Crippen LogP contribution in [0.1, 0.15) is 71.4 Å². The average molecular weight is 450 g/mol. The molecule has 3 N–H and O–H groups in total. The maximum absolute atomic E-state index is 13.7. The number of carbonyl (C=O) groups is 1. The maximum Gasteiger partial charge on any atom is 0.312 e. The summed E-state index contributed by atoms with van der Waals surface area (Å²) in [6.07, 6.45) is 6.66. The number of aliphatic hydroxyl groups excluding tert-OH is 1. The van der Waals surface area contributed by atoms with Crippen LogP contribution >= 0.6 is 0 Å². The van der Waals surface area contributed by atoms with Crippen molar-refractivity contribution in [1.82, 2.24) is 19.5 Å². The minimum atomic E-state index is -1.09. The number of hydrogen-bond donors (Lipinski definition) is 2. The lowest BCUT2D eigenvalue weighted by atomic mass is 9.80. The summed E-state index contributed by atoms with van der Waals surface area (Å²) >= 11 is 0. The van der Waals surface area contributed by atoms with Crippen LogP contribution in [0.5, 0.6) is 0 Å². The Kier molecular flexibility index (Phi) is 6.62. The van der Waals surface area contributed by atoms with E-state index in [9.17, 15) is 14.3 Å². The number of hydrogen-bond acceptors (Lipinski definition) is 8. The number of unbranched alkanes of at least 4 members (excludes halogenated alkanes) is 1. The zero-order valence-corrected chi connectivity index (χ0v) is 18.7. The monoisotopic (exact) mass is 449 g/mol. The van der Waals surface area contributed by atoms with Gasteiger partial charge in [-0.3, -0.25) is 9.36 Å². The molecule has 3 heterocycles. The van der Waals surface area contributed by atoms with Crippen LogP contribution in [0, 0.1) is 17.9 Å². The van der Waals surface area contributed by atoms with Gasteiger partial charge in [0, 0.05) is 6.42 Å². The van der Waals surface area contributed by atoms with Crippen molar-refractivity contribution < 1.29 is 23.8 Å². The predicted molar refractivity (Wildman–Crippen MR) is 115 cm³/mol. The summed E-state index contributed by atoms with van der Waals surface area (Å²) in [5, 5.41) is 10.7. The Bertz CT molecular complexity index is 961. The van der Waals surface area contributed by atoms with Gasteiger partial charge in [-0.05, 0) is 38.5 Å². The molecule has 0 amide bonds. The van der Waals surface area contributed by atoms with Crippen LogP contribution in [-0.2, 0) is 14.3 Å². The summed E-state index contributed by atoms with van der Waals surface area (Å²) in [5.74, 6) is 0.331. The molecule has 2 aromatic heterocycles. The number of aliphatic hydroxyl groups is 1. The van der Waals surface area contributed by atoms with Crippen LogP contribution in [0.3, 0.4) is 0 Å². The van der Waals surface area contributed by atoms with Crippen LogP contribution in [-0.4, -0.2) is 48.9 Å². The molecule has 1 aliphatic heterocycles. The summed E-state index contributed by atoms with van der Waals surface area (Å²) < 4.78 is 26.8. The number of nitrogens with two attached hydrogens (primary N) is 1. The van der Waals surface area contributed by atoms with E-state index in [4.69, 9.17) is 15.2 Å². The first-order valence-electron chi connectivity index (χ1n) is 11.5. The number of ether oxygens (including phenoxy) is 2. The average Bonchev–Trinajstić information content (AvgIpc) is 3.32. The van der Waals surface area contributed by atoms with E-state index in [1.54, 1.807) is 6.92 Å². The molecule has 3 atom stereocenters. The van der Waals surface area contributed by atoms with Crippen LogP contribution in [0.25, 0.3) is 11.2 Å². The summed E-state index contributed by atoms with van der Waals surface area (Å²) in [4.78, 5) is 24.0. The summed E-state index contributed by atoms with van der Waals surface area (Å²) in [6.45, 7) is 3.84. The van der Waals surface area contributed by atoms with Gasteiger partial charge in [-0.25, -0.2) is 4.98 Å². The second kappa shape index (κ2) is 9.27.